The van der Waals surface area contributed by atoms with Crippen molar-refractivity contribution < 1.29 is 22.5 Å². The van der Waals surface area contributed by atoms with Crippen molar-refractivity contribution in [1.29, 1.82) is 0 Å². The molecule has 1 saturated heterocycles. The van der Waals surface area contributed by atoms with Gasteiger partial charge in [0.25, 0.3) is 5.71 Å². The van der Waals surface area contributed by atoms with E-state index in [1.54, 1.807) is 6.07 Å². The van der Waals surface area contributed by atoms with Gasteiger partial charge in [-0.25, -0.2) is 4.98 Å². The first-order valence-electron chi connectivity index (χ1n) is 12.7. The maximum atomic E-state index is 13.4. The first-order valence-corrected chi connectivity index (χ1v) is 12.7. The predicted octanol–water partition coefficient (Wildman–Crippen LogP) is 5.54. The highest BCUT2D eigenvalue weighted by atomic mass is 19.4. The monoisotopic (exact) mass is 523 g/mol. The summed E-state index contributed by atoms with van der Waals surface area (Å²) in [5.41, 5.74) is 0.993. The summed E-state index contributed by atoms with van der Waals surface area (Å²) in [5, 5.41) is 4.60. The van der Waals surface area contributed by atoms with Crippen molar-refractivity contribution in [2.45, 2.75) is 38.8 Å². The van der Waals surface area contributed by atoms with E-state index in [0.29, 0.717) is 56.0 Å². The number of fused-ring (bicyclic) bond motifs is 1. The molecule has 198 valence electrons. The Hall–Kier alpha value is -3.95. The number of aryl methyl sites for hydroxylation is 1. The number of nitrogens with zero attached hydrogens (tertiary/aromatic N) is 5. The molecule has 0 N–H and O–H groups in total. The van der Waals surface area contributed by atoms with Gasteiger partial charge < -0.3 is 14.3 Å². The number of rotatable bonds is 6. The van der Waals surface area contributed by atoms with E-state index < -0.39 is 11.7 Å². The van der Waals surface area contributed by atoms with Crippen LogP contribution in [0.4, 0.5) is 19.0 Å². The van der Waals surface area contributed by atoms with E-state index in [1.807, 2.05) is 42.2 Å². The molecular weight excluding hydrogens is 495 g/mol. The van der Waals surface area contributed by atoms with Gasteiger partial charge in [-0.1, -0.05) is 54.5 Å². The molecule has 4 aromatic rings. The van der Waals surface area contributed by atoms with Crippen LogP contribution < -0.4 is 4.90 Å². The summed E-state index contributed by atoms with van der Waals surface area (Å²) in [5.74, 6) is 1.22. The number of amides is 1. The fourth-order valence-electron chi connectivity index (χ4n) is 4.74. The number of hydrogen-bond donors (Lipinski definition) is 0. The lowest BCUT2D eigenvalue weighted by Crippen LogP contribution is -2.36. The molecule has 2 aromatic heterocycles. The molecule has 38 heavy (non-hydrogen) atoms. The molecule has 10 heteroatoms. The van der Waals surface area contributed by atoms with Gasteiger partial charge >= 0.3 is 6.18 Å². The maximum Gasteiger partial charge on any atom is 0.416 e. The van der Waals surface area contributed by atoms with E-state index in [9.17, 15) is 18.0 Å². The maximum absolute atomic E-state index is 13.4. The van der Waals surface area contributed by atoms with Crippen LogP contribution >= 0.6 is 0 Å². The minimum absolute atomic E-state index is 0.0622. The van der Waals surface area contributed by atoms with Crippen LogP contribution in [0, 0.1) is 0 Å². The molecule has 0 saturated carbocycles. The lowest BCUT2D eigenvalue weighted by molar-refractivity contribution is -0.137. The Labute approximate surface area is 218 Å². The number of benzene rings is 2. The van der Waals surface area contributed by atoms with Gasteiger partial charge in [0.05, 0.1) is 12.0 Å². The van der Waals surface area contributed by atoms with Crippen LogP contribution in [0.2, 0.25) is 0 Å². The quantitative estimate of drug-likeness (QED) is 0.331. The number of halogens is 3. The lowest BCUT2D eigenvalue weighted by Gasteiger charge is -2.24. The molecule has 0 bridgehead atoms. The van der Waals surface area contributed by atoms with Crippen molar-refractivity contribution in [3.05, 3.63) is 71.5 Å². The van der Waals surface area contributed by atoms with E-state index in [1.165, 1.54) is 6.07 Å². The van der Waals surface area contributed by atoms with Crippen LogP contribution in [0.15, 0.2) is 59.1 Å². The van der Waals surface area contributed by atoms with Gasteiger partial charge in [-0.2, -0.15) is 18.2 Å². The Kier molecular flexibility index (Phi) is 7.31. The summed E-state index contributed by atoms with van der Waals surface area (Å²) in [6, 6.07) is 14.7. The highest BCUT2D eigenvalue weighted by Gasteiger charge is 2.32. The zero-order valence-corrected chi connectivity index (χ0v) is 21.0. The minimum Gasteiger partial charge on any atom is -0.354 e. The topological polar surface area (TPSA) is 75.4 Å². The summed E-state index contributed by atoms with van der Waals surface area (Å²) in [4.78, 5) is 26.2. The van der Waals surface area contributed by atoms with Crippen LogP contribution in [-0.2, 0) is 23.8 Å². The second-order valence-electron chi connectivity index (χ2n) is 9.39. The van der Waals surface area contributed by atoms with Crippen LogP contribution in [0.5, 0.6) is 0 Å². The van der Waals surface area contributed by atoms with E-state index in [4.69, 9.17) is 9.51 Å². The van der Waals surface area contributed by atoms with Crippen molar-refractivity contribution in [2.24, 2.45) is 0 Å². The number of hydrogen-bond acceptors (Lipinski definition) is 6. The molecule has 0 unspecified atom stereocenters. The molecular formula is C28H28F3N5O2. The lowest BCUT2D eigenvalue weighted by atomic mass is 10.1. The molecule has 2 aromatic carbocycles. The van der Waals surface area contributed by atoms with E-state index >= 15 is 0 Å². The molecule has 1 aliphatic rings. The Morgan fingerprint density at radius 2 is 1.82 bits per heavy atom. The van der Waals surface area contributed by atoms with E-state index in [-0.39, 0.29) is 22.9 Å². The normalized spacial score (nSPS) is 14.6. The molecule has 5 rings (SSSR count). The summed E-state index contributed by atoms with van der Waals surface area (Å²) in [6.07, 6.45) is -1.98. The largest absolute Gasteiger partial charge is 0.416 e. The van der Waals surface area contributed by atoms with Gasteiger partial charge in [-0.05, 0) is 30.5 Å². The van der Waals surface area contributed by atoms with Crippen LogP contribution in [0.1, 0.15) is 36.7 Å². The van der Waals surface area contributed by atoms with Crippen molar-refractivity contribution in [1.82, 2.24) is 20.0 Å². The van der Waals surface area contributed by atoms with Gasteiger partial charge in [0.2, 0.25) is 5.91 Å². The molecule has 1 fully saturated rings. The summed E-state index contributed by atoms with van der Waals surface area (Å²) in [7, 11) is 0. The van der Waals surface area contributed by atoms with Crippen LogP contribution in [0.25, 0.3) is 22.4 Å². The molecule has 3 heterocycles. The zero-order chi connectivity index (χ0) is 26.7. The average molecular weight is 524 g/mol. The van der Waals surface area contributed by atoms with Gasteiger partial charge in [-0.15, -0.1) is 0 Å². The van der Waals surface area contributed by atoms with Gasteiger partial charge in [0.1, 0.15) is 22.7 Å². The van der Waals surface area contributed by atoms with Crippen molar-refractivity contribution in [3.63, 3.8) is 0 Å². The molecule has 7 nitrogen and oxygen atoms in total. The highest BCUT2D eigenvalue weighted by Crippen LogP contribution is 2.37. The highest BCUT2D eigenvalue weighted by molar-refractivity contribution is 5.98. The van der Waals surface area contributed by atoms with E-state index in [0.717, 1.165) is 30.5 Å². The van der Waals surface area contributed by atoms with Crippen LogP contribution in [0.3, 0.4) is 0 Å². The Morgan fingerprint density at radius 3 is 2.58 bits per heavy atom. The molecule has 1 amide bonds. The number of anilines is 1. The fraction of sp³-hybridized carbons (Fsp3) is 0.357. The SMILES string of the molecule is CCCc1nc(N2CCCN(C(=O)Cc3ccccc3)CC2)c2c(-c3cccc(C(F)(F)F)c3)noc2n1. The first kappa shape index (κ1) is 25.7. The predicted molar refractivity (Wildman–Crippen MR) is 138 cm³/mol. The second kappa shape index (κ2) is 10.8. The summed E-state index contributed by atoms with van der Waals surface area (Å²) >= 11 is 0. The van der Waals surface area contributed by atoms with Gasteiger partial charge in [0.15, 0.2) is 0 Å². The third-order valence-corrected chi connectivity index (χ3v) is 6.65. The zero-order valence-electron chi connectivity index (χ0n) is 21.0. The Balaban J connectivity index is 1.47. The molecule has 0 radical (unpaired) electrons. The number of carbonyl (C=O) groups excluding carboxylic acids is 1. The van der Waals surface area contributed by atoms with Gasteiger partial charge in [-0.3, -0.25) is 4.79 Å². The number of aromatic nitrogens is 3. The smallest absolute Gasteiger partial charge is 0.354 e. The van der Waals surface area contributed by atoms with E-state index in [2.05, 4.69) is 15.0 Å². The van der Waals surface area contributed by atoms with Crippen molar-refractivity contribution in [2.75, 3.05) is 31.1 Å². The summed E-state index contributed by atoms with van der Waals surface area (Å²) in [6.45, 7) is 4.28. The second-order valence-corrected chi connectivity index (χ2v) is 9.39. The molecule has 0 atom stereocenters. The Morgan fingerprint density at radius 1 is 1.00 bits per heavy atom. The standard InChI is InChI=1S/C28H28F3N5O2/c1-2-8-22-32-26(36-14-7-13-35(15-16-36)23(37)17-19-9-4-3-5-10-19)24-25(34-38-27(24)33-22)20-11-6-12-21(18-20)28(29,30)31/h3-6,9-12,18H,2,7-8,13-17H2,1H3. The third kappa shape index (κ3) is 5.49. The first-order chi connectivity index (χ1) is 18.3. The number of carbonyl (C=O) groups is 1. The molecule has 0 spiro atoms. The molecule has 1 aliphatic heterocycles. The number of alkyl halides is 3. The average Bonchev–Trinajstić information content (AvgIpc) is 3.17. The van der Waals surface area contributed by atoms with Crippen molar-refractivity contribution in [3.8, 4) is 11.3 Å². The van der Waals surface area contributed by atoms with Crippen molar-refractivity contribution >= 4 is 22.8 Å². The summed E-state index contributed by atoms with van der Waals surface area (Å²) < 4.78 is 45.8. The minimum atomic E-state index is -4.48. The fourth-order valence-corrected chi connectivity index (χ4v) is 4.74. The molecule has 0 aliphatic carbocycles. The third-order valence-electron chi connectivity index (χ3n) is 6.65. The van der Waals surface area contributed by atoms with Gasteiger partial charge in [0, 0.05) is 38.2 Å². The Bertz CT molecular complexity index is 1420. The van der Waals surface area contributed by atoms with Crippen LogP contribution in [-0.4, -0.2) is 52.1 Å².